The van der Waals surface area contributed by atoms with Crippen molar-refractivity contribution in [2.45, 2.75) is 19.4 Å². The monoisotopic (exact) mass is 268 g/mol. The minimum atomic E-state index is -0.430. The first kappa shape index (κ1) is 13.1. The molecule has 1 unspecified atom stereocenters. The van der Waals surface area contributed by atoms with Gasteiger partial charge in [0.1, 0.15) is 11.6 Å². The lowest BCUT2D eigenvalue weighted by molar-refractivity contribution is 0.413. The number of nitrogens with one attached hydrogen (secondary N) is 1. The van der Waals surface area contributed by atoms with Crippen LogP contribution in [0.3, 0.4) is 0 Å². The summed E-state index contributed by atoms with van der Waals surface area (Å²) in [6.45, 7) is 1.94. The second-order valence-electron chi connectivity index (χ2n) is 4.14. The van der Waals surface area contributed by atoms with Crippen LogP contribution < -0.4 is 11.3 Å². The van der Waals surface area contributed by atoms with Gasteiger partial charge in [0.25, 0.3) is 0 Å². The number of hydrogen-bond donors (Lipinski definition) is 2. The molecule has 18 heavy (non-hydrogen) atoms. The van der Waals surface area contributed by atoms with E-state index < -0.39 is 5.82 Å². The van der Waals surface area contributed by atoms with E-state index >= 15 is 0 Å². The van der Waals surface area contributed by atoms with Gasteiger partial charge in [0.15, 0.2) is 0 Å². The topological polar surface area (TPSA) is 51.2 Å². The van der Waals surface area contributed by atoms with Gasteiger partial charge in [-0.05, 0) is 42.7 Å². The molecule has 1 aromatic carbocycles. The summed E-state index contributed by atoms with van der Waals surface area (Å²) in [5, 5.41) is 0.116. The van der Waals surface area contributed by atoms with Crippen molar-refractivity contribution in [1.82, 2.24) is 5.43 Å². The Morgan fingerprint density at radius 2 is 2.22 bits per heavy atom. The predicted octanol–water partition coefficient (Wildman–Crippen LogP) is 3.13. The molecule has 3 nitrogen and oxygen atoms in total. The molecule has 1 heterocycles. The van der Waals surface area contributed by atoms with Crippen molar-refractivity contribution in [3.63, 3.8) is 0 Å². The zero-order chi connectivity index (χ0) is 13.1. The molecule has 0 aliphatic heterocycles. The van der Waals surface area contributed by atoms with Gasteiger partial charge in [-0.15, -0.1) is 0 Å². The van der Waals surface area contributed by atoms with Gasteiger partial charge in [-0.3, -0.25) is 5.84 Å². The van der Waals surface area contributed by atoms with Gasteiger partial charge >= 0.3 is 0 Å². The summed E-state index contributed by atoms with van der Waals surface area (Å²) in [5.41, 5.74) is 4.49. The summed E-state index contributed by atoms with van der Waals surface area (Å²) in [6, 6.07) is 6.39. The molecule has 5 heteroatoms. The lowest BCUT2D eigenvalue weighted by Crippen LogP contribution is -2.29. The molecule has 0 saturated heterocycles. The maximum Gasteiger partial charge on any atom is 0.142 e. The van der Waals surface area contributed by atoms with Crippen LogP contribution in [0.4, 0.5) is 4.39 Å². The molecule has 3 N–H and O–H groups in total. The standard InChI is InChI=1S/C13H14ClFN2O/c1-8-4-5-18-13(8)12(17-16)7-9-2-3-10(14)11(15)6-9/h2-6,12,17H,7,16H2,1H3. The van der Waals surface area contributed by atoms with Crippen molar-refractivity contribution in [3.8, 4) is 0 Å². The normalized spacial score (nSPS) is 12.7. The number of benzene rings is 1. The molecule has 1 aromatic heterocycles. The highest BCUT2D eigenvalue weighted by Gasteiger charge is 2.16. The van der Waals surface area contributed by atoms with Crippen LogP contribution in [0.2, 0.25) is 5.02 Å². The summed E-state index contributed by atoms with van der Waals surface area (Å²) in [6.07, 6.45) is 2.14. The average Bonchev–Trinajstić information content (AvgIpc) is 2.77. The third-order valence-electron chi connectivity index (χ3n) is 2.84. The second kappa shape index (κ2) is 5.52. The number of hydrazine groups is 1. The van der Waals surface area contributed by atoms with E-state index in [2.05, 4.69) is 5.43 Å². The minimum Gasteiger partial charge on any atom is -0.467 e. The summed E-state index contributed by atoms with van der Waals surface area (Å²) >= 11 is 5.64. The van der Waals surface area contributed by atoms with E-state index in [4.69, 9.17) is 21.9 Å². The van der Waals surface area contributed by atoms with Crippen LogP contribution in [-0.2, 0) is 6.42 Å². The quantitative estimate of drug-likeness (QED) is 0.662. The number of nitrogens with two attached hydrogens (primary N) is 1. The van der Waals surface area contributed by atoms with Gasteiger partial charge in [-0.25, -0.2) is 9.82 Å². The van der Waals surface area contributed by atoms with E-state index in [1.165, 1.54) is 12.1 Å². The van der Waals surface area contributed by atoms with E-state index in [1.807, 2.05) is 13.0 Å². The Morgan fingerprint density at radius 3 is 2.78 bits per heavy atom. The van der Waals surface area contributed by atoms with E-state index in [0.717, 1.165) is 16.9 Å². The Balaban J connectivity index is 2.20. The molecule has 0 bridgehead atoms. The van der Waals surface area contributed by atoms with Crippen LogP contribution in [0, 0.1) is 12.7 Å². The van der Waals surface area contributed by atoms with Crippen LogP contribution in [0.25, 0.3) is 0 Å². The van der Waals surface area contributed by atoms with Gasteiger partial charge in [0.2, 0.25) is 0 Å². The highest BCUT2D eigenvalue weighted by molar-refractivity contribution is 6.30. The first-order valence-corrected chi connectivity index (χ1v) is 5.93. The summed E-state index contributed by atoms with van der Waals surface area (Å²) in [7, 11) is 0. The molecule has 0 fully saturated rings. The van der Waals surface area contributed by atoms with Gasteiger partial charge in [0.05, 0.1) is 17.3 Å². The summed E-state index contributed by atoms with van der Waals surface area (Å²) < 4.78 is 18.7. The molecule has 1 atom stereocenters. The molecule has 2 rings (SSSR count). The van der Waals surface area contributed by atoms with Gasteiger partial charge in [-0.1, -0.05) is 17.7 Å². The highest BCUT2D eigenvalue weighted by atomic mass is 35.5. The zero-order valence-corrected chi connectivity index (χ0v) is 10.7. The number of rotatable bonds is 4. The van der Waals surface area contributed by atoms with Crippen molar-refractivity contribution >= 4 is 11.6 Å². The molecule has 0 radical (unpaired) electrons. The van der Waals surface area contributed by atoms with Crippen molar-refractivity contribution in [3.05, 3.63) is 58.3 Å². The van der Waals surface area contributed by atoms with Gasteiger partial charge in [0, 0.05) is 0 Å². The minimum absolute atomic E-state index is 0.116. The fourth-order valence-electron chi connectivity index (χ4n) is 1.87. The predicted molar refractivity (Wildman–Crippen MR) is 68.6 cm³/mol. The fourth-order valence-corrected chi connectivity index (χ4v) is 1.99. The Bertz CT molecular complexity index is 542. The van der Waals surface area contributed by atoms with Crippen molar-refractivity contribution in [2.24, 2.45) is 5.84 Å². The first-order valence-electron chi connectivity index (χ1n) is 5.56. The van der Waals surface area contributed by atoms with Crippen LogP contribution in [0.1, 0.15) is 22.9 Å². The average molecular weight is 269 g/mol. The van der Waals surface area contributed by atoms with E-state index in [1.54, 1.807) is 12.3 Å². The maximum atomic E-state index is 13.3. The zero-order valence-electron chi connectivity index (χ0n) is 9.91. The van der Waals surface area contributed by atoms with Gasteiger partial charge in [-0.2, -0.15) is 0 Å². The molecular weight excluding hydrogens is 255 g/mol. The van der Waals surface area contributed by atoms with E-state index in [-0.39, 0.29) is 11.1 Å². The molecule has 96 valence electrons. The summed E-state index contributed by atoms with van der Waals surface area (Å²) in [5.74, 6) is 5.85. The number of hydrogen-bond acceptors (Lipinski definition) is 3. The third kappa shape index (κ3) is 2.72. The second-order valence-corrected chi connectivity index (χ2v) is 4.55. The van der Waals surface area contributed by atoms with Gasteiger partial charge < -0.3 is 4.42 Å². The van der Waals surface area contributed by atoms with Crippen molar-refractivity contribution < 1.29 is 8.81 Å². The fraction of sp³-hybridized carbons (Fsp3) is 0.231. The van der Waals surface area contributed by atoms with Crippen LogP contribution in [-0.4, -0.2) is 0 Å². The molecular formula is C13H14ClFN2O. The van der Waals surface area contributed by atoms with Crippen LogP contribution >= 0.6 is 11.6 Å². The third-order valence-corrected chi connectivity index (χ3v) is 3.15. The highest BCUT2D eigenvalue weighted by Crippen LogP contribution is 2.23. The number of furan rings is 1. The van der Waals surface area contributed by atoms with Crippen LogP contribution in [0.5, 0.6) is 0 Å². The lowest BCUT2D eigenvalue weighted by atomic mass is 10.0. The first-order chi connectivity index (χ1) is 8.61. The maximum absolute atomic E-state index is 13.3. The Kier molecular flexibility index (Phi) is 4.01. The number of aryl methyl sites for hydroxylation is 1. The molecule has 0 aliphatic carbocycles. The molecule has 0 amide bonds. The largest absolute Gasteiger partial charge is 0.467 e. The summed E-state index contributed by atoms with van der Waals surface area (Å²) in [4.78, 5) is 0. The molecule has 0 saturated carbocycles. The molecule has 2 aromatic rings. The Hall–Kier alpha value is -1.36. The van der Waals surface area contributed by atoms with Crippen molar-refractivity contribution in [2.75, 3.05) is 0 Å². The molecule has 0 aliphatic rings. The Morgan fingerprint density at radius 1 is 1.44 bits per heavy atom. The number of halogens is 2. The van der Waals surface area contributed by atoms with Crippen LogP contribution in [0.15, 0.2) is 34.9 Å². The van der Waals surface area contributed by atoms with E-state index in [9.17, 15) is 4.39 Å². The lowest BCUT2D eigenvalue weighted by Gasteiger charge is -2.14. The Labute approximate surface area is 110 Å². The SMILES string of the molecule is Cc1ccoc1C(Cc1ccc(Cl)c(F)c1)NN. The molecule has 0 spiro atoms. The van der Waals surface area contributed by atoms with E-state index in [0.29, 0.717) is 6.42 Å². The van der Waals surface area contributed by atoms with Crippen molar-refractivity contribution in [1.29, 1.82) is 0 Å². The smallest absolute Gasteiger partial charge is 0.142 e.